The lowest BCUT2D eigenvalue weighted by Gasteiger charge is -2.33. The van der Waals surface area contributed by atoms with E-state index < -0.39 is 0 Å². The Bertz CT molecular complexity index is 174. The molecule has 90 valence electrons. The van der Waals surface area contributed by atoms with E-state index in [0.717, 1.165) is 13.0 Å². The van der Waals surface area contributed by atoms with Gasteiger partial charge in [0.05, 0.1) is 0 Å². The summed E-state index contributed by atoms with van der Waals surface area (Å²) in [5, 5.41) is 12.6. The third-order valence-corrected chi connectivity index (χ3v) is 3.38. The zero-order valence-corrected chi connectivity index (χ0v) is 10.4. The van der Waals surface area contributed by atoms with Crippen LogP contribution < -0.4 is 5.32 Å². The molecule has 0 aromatic rings. The standard InChI is InChI=1S/C12H26N2O/c1-12(2,6-9-15)10-13-11-4-7-14(3)8-5-11/h11,13,15H,4-10H2,1-3H3. The van der Waals surface area contributed by atoms with Crippen molar-refractivity contribution in [2.45, 2.75) is 39.2 Å². The van der Waals surface area contributed by atoms with E-state index in [1.54, 1.807) is 0 Å². The van der Waals surface area contributed by atoms with Crippen molar-refractivity contribution in [2.75, 3.05) is 33.3 Å². The van der Waals surface area contributed by atoms with Crippen molar-refractivity contribution >= 4 is 0 Å². The summed E-state index contributed by atoms with van der Waals surface area (Å²) in [6.45, 7) is 8.15. The highest BCUT2D eigenvalue weighted by Gasteiger charge is 2.21. The lowest BCUT2D eigenvalue weighted by atomic mass is 9.89. The van der Waals surface area contributed by atoms with Crippen LogP contribution in [0.2, 0.25) is 0 Å². The Labute approximate surface area is 93.9 Å². The summed E-state index contributed by atoms with van der Waals surface area (Å²) in [7, 11) is 2.19. The fraction of sp³-hybridized carbons (Fsp3) is 1.00. The highest BCUT2D eigenvalue weighted by atomic mass is 16.3. The maximum absolute atomic E-state index is 8.94. The van der Waals surface area contributed by atoms with Crippen molar-refractivity contribution in [2.24, 2.45) is 5.41 Å². The van der Waals surface area contributed by atoms with Gasteiger partial charge in [0.25, 0.3) is 0 Å². The minimum Gasteiger partial charge on any atom is -0.396 e. The predicted molar refractivity (Wildman–Crippen MR) is 64.0 cm³/mol. The first-order valence-electron chi connectivity index (χ1n) is 6.06. The molecule has 0 aromatic heterocycles. The van der Waals surface area contributed by atoms with Gasteiger partial charge in [-0.15, -0.1) is 0 Å². The molecule has 1 heterocycles. The first-order valence-corrected chi connectivity index (χ1v) is 6.06. The summed E-state index contributed by atoms with van der Waals surface area (Å²) in [4.78, 5) is 2.39. The van der Waals surface area contributed by atoms with Gasteiger partial charge in [-0.1, -0.05) is 13.8 Å². The minimum atomic E-state index is 0.220. The van der Waals surface area contributed by atoms with Crippen LogP contribution in [0, 0.1) is 5.41 Å². The average molecular weight is 214 g/mol. The summed E-state index contributed by atoms with van der Waals surface area (Å²) in [5.41, 5.74) is 0.220. The number of likely N-dealkylation sites (tertiary alicyclic amines) is 1. The molecule has 0 unspecified atom stereocenters. The van der Waals surface area contributed by atoms with Crippen LogP contribution in [0.4, 0.5) is 0 Å². The van der Waals surface area contributed by atoms with E-state index >= 15 is 0 Å². The fourth-order valence-electron chi connectivity index (χ4n) is 2.02. The van der Waals surface area contributed by atoms with Gasteiger partial charge >= 0.3 is 0 Å². The van der Waals surface area contributed by atoms with Gasteiger partial charge in [-0.3, -0.25) is 0 Å². The number of piperidine rings is 1. The summed E-state index contributed by atoms with van der Waals surface area (Å²) in [6, 6.07) is 0.680. The van der Waals surface area contributed by atoms with E-state index in [0.29, 0.717) is 12.6 Å². The molecule has 0 aromatic carbocycles. The third-order valence-electron chi connectivity index (χ3n) is 3.38. The molecule has 0 radical (unpaired) electrons. The van der Waals surface area contributed by atoms with Crippen LogP contribution in [0.3, 0.4) is 0 Å². The van der Waals surface area contributed by atoms with Crippen LogP contribution in [0.5, 0.6) is 0 Å². The van der Waals surface area contributed by atoms with Crippen LogP contribution in [0.15, 0.2) is 0 Å². The Morgan fingerprint density at radius 2 is 1.93 bits per heavy atom. The molecular weight excluding hydrogens is 188 g/mol. The van der Waals surface area contributed by atoms with Crippen LogP contribution >= 0.6 is 0 Å². The van der Waals surface area contributed by atoms with Crippen molar-refractivity contribution in [1.82, 2.24) is 10.2 Å². The Morgan fingerprint density at radius 1 is 1.33 bits per heavy atom. The number of rotatable bonds is 5. The Balaban J connectivity index is 2.19. The Morgan fingerprint density at radius 3 is 2.47 bits per heavy atom. The SMILES string of the molecule is CN1CCC(NCC(C)(C)CCO)CC1. The molecule has 15 heavy (non-hydrogen) atoms. The molecular formula is C12H26N2O. The number of hydrogen-bond donors (Lipinski definition) is 2. The topological polar surface area (TPSA) is 35.5 Å². The van der Waals surface area contributed by atoms with Gasteiger partial charge in [-0.2, -0.15) is 0 Å². The van der Waals surface area contributed by atoms with E-state index in [9.17, 15) is 0 Å². The highest BCUT2D eigenvalue weighted by molar-refractivity contribution is 4.79. The lowest BCUT2D eigenvalue weighted by Crippen LogP contribution is -2.44. The predicted octanol–water partition coefficient (Wildman–Crippen LogP) is 1.08. The van der Waals surface area contributed by atoms with Gasteiger partial charge in [0.15, 0.2) is 0 Å². The molecule has 1 fully saturated rings. The fourth-order valence-corrected chi connectivity index (χ4v) is 2.02. The minimum absolute atomic E-state index is 0.220. The molecule has 3 nitrogen and oxygen atoms in total. The van der Waals surface area contributed by atoms with E-state index in [-0.39, 0.29) is 5.41 Å². The molecule has 0 aliphatic carbocycles. The van der Waals surface area contributed by atoms with E-state index in [2.05, 4.69) is 31.1 Å². The molecule has 2 N–H and O–H groups in total. The van der Waals surface area contributed by atoms with Gasteiger partial charge in [-0.25, -0.2) is 0 Å². The van der Waals surface area contributed by atoms with E-state index in [1.807, 2.05) is 0 Å². The second-order valence-electron chi connectivity index (χ2n) is 5.60. The quantitative estimate of drug-likeness (QED) is 0.719. The smallest absolute Gasteiger partial charge is 0.0436 e. The van der Waals surface area contributed by atoms with Crippen LogP contribution in [-0.4, -0.2) is 49.3 Å². The zero-order chi connectivity index (χ0) is 11.3. The lowest BCUT2D eigenvalue weighted by molar-refractivity contribution is 0.185. The van der Waals surface area contributed by atoms with Crippen molar-refractivity contribution < 1.29 is 5.11 Å². The first-order chi connectivity index (χ1) is 7.03. The molecule has 1 rings (SSSR count). The Kier molecular flexibility index (Phi) is 5.03. The summed E-state index contributed by atoms with van der Waals surface area (Å²) in [5.74, 6) is 0. The first kappa shape index (κ1) is 12.9. The second kappa shape index (κ2) is 5.83. The van der Waals surface area contributed by atoms with Crippen molar-refractivity contribution in [3.05, 3.63) is 0 Å². The molecule has 0 bridgehead atoms. The van der Waals surface area contributed by atoms with Gasteiger partial charge < -0.3 is 15.3 Å². The molecule has 1 saturated heterocycles. The summed E-state index contributed by atoms with van der Waals surface area (Å²) < 4.78 is 0. The van der Waals surface area contributed by atoms with E-state index in [1.165, 1.54) is 25.9 Å². The van der Waals surface area contributed by atoms with Crippen molar-refractivity contribution in [3.63, 3.8) is 0 Å². The van der Waals surface area contributed by atoms with Crippen LogP contribution in [0.25, 0.3) is 0 Å². The van der Waals surface area contributed by atoms with Crippen molar-refractivity contribution in [1.29, 1.82) is 0 Å². The number of hydrogen-bond acceptors (Lipinski definition) is 3. The molecule has 1 aliphatic heterocycles. The maximum Gasteiger partial charge on any atom is 0.0436 e. The summed E-state index contributed by atoms with van der Waals surface area (Å²) >= 11 is 0. The maximum atomic E-state index is 8.94. The normalized spacial score (nSPS) is 20.8. The van der Waals surface area contributed by atoms with Gasteiger partial charge in [0.1, 0.15) is 0 Å². The monoisotopic (exact) mass is 214 g/mol. The van der Waals surface area contributed by atoms with Gasteiger partial charge in [0, 0.05) is 19.2 Å². The molecule has 0 atom stereocenters. The van der Waals surface area contributed by atoms with Gasteiger partial charge in [0.2, 0.25) is 0 Å². The largest absolute Gasteiger partial charge is 0.396 e. The van der Waals surface area contributed by atoms with E-state index in [4.69, 9.17) is 5.11 Å². The molecule has 0 saturated carbocycles. The Hall–Kier alpha value is -0.120. The number of nitrogens with one attached hydrogen (secondary N) is 1. The molecule has 0 amide bonds. The van der Waals surface area contributed by atoms with Crippen LogP contribution in [-0.2, 0) is 0 Å². The highest BCUT2D eigenvalue weighted by Crippen LogP contribution is 2.19. The molecule has 3 heteroatoms. The second-order valence-corrected chi connectivity index (χ2v) is 5.60. The molecule has 1 aliphatic rings. The third kappa shape index (κ3) is 4.96. The zero-order valence-electron chi connectivity index (χ0n) is 10.4. The summed E-state index contributed by atoms with van der Waals surface area (Å²) in [6.07, 6.45) is 3.39. The van der Waals surface area contributed by atoms with Crippen LogP contribution in [0.1, 0.15) is 33.1 Å². The number of nitrogens with zero attached hydrogens (tertiary/aromatic N) is 1. The van der Waals surface area contributed by atoms with Crippen molar-refractivity contribution in [3.8, 4) is 0 Å². The van der Waals surface area contributed by atoms with Gasteiger partial charge in [-0.05, 0) is 44.8 Å². The number of aliphatic hydroxyl groups excluding tert-OH is 1. The molecule has 0 spiro atoms. The number of aliphatic hydroxyl groups is 1. The average Bonchev–Trinajstić information content (AvgIpc) is 2.17.